The molecule has 6 nitrogen and oxygen atoms in total. The molecular formula is C27H26F3N5OS. The van der Waals surface area contributed by atoms with Crippen LogP contribution in [0.3, 0.4) is 0 Å². The Bertz CT molecular complexity index is 1340. The maximum absolute atomic E-state index is 13.1. The van der Waals surface area contributed by atoms with Crippen molar-refractivity contribution < 1.29 is 18.3 Å². The fraction of sp³-hybridized carbons (Fsp3) is 0.259. The summed E-state index contributed by atoms with van der Waals surface area (Å²) < 4.78 is 39.4. The number of aliphatic hydroxyl groups is 1. The van der Waals surface area contributed by atoms with Crippen molar-refractivity contribution in [2.75, 3.05) is 10.6 Å². The molecule has 0 saturated heterocycles. The molecule has 4 N–H and O–H groups in total. The second-order valence-electron chi connectivity index (χ2n) is 9.01. The Labute approximate surface area is 216 Å². The SMILES string of the molecule is OC1CCC(Nc2cc(Sc3ccccc3)cc(Nc3cc(-c4cccc(C(F)(F)F)c4)[nH]n3)n2)CC1. The van der Waals surface area contributed by atoms with Crippen molar-refractivity contribution in [2.24, 2.45) is 0 Å². The van der Waals surface area contributed by atoms with Crippen LogP contribution in [0.15, 0.2) is 82.6 Å². The predicted molar refractivity (Wildman–Crippen MR) is 139 cm³/mol. The van der Waals surface area contributed by atoms with Crippen LogP contribution in [0.5, 0.6) is 0 Å². The maximum Gasteiger partial charge on any atom is 0.416 e. The second-order valence-corrected chi connectivity index (χ2v) is 10.2. The third-order valence-electron chi connectivity index (χ3n) is 6.16. The Balaban J connectivity index is 1.38. The topological polar surface area (TPSA) is 85.9 Å². The van der Waals surface area contributed by atoms with E-state index in [0.29, 0.717) is 28.7 Å². The Kier molecular flexibility index (Phi) is 7.38. The molecule has 5 rings (SSSR count). The molecule has 0 bridgehead atoms. The highest BCUT2D eigenvalue weighted by Gasteiger charge is 2.30. The van der Waals surface area contributed by atoms with Gasteiger partial charge in [-0.05, 0) is 62.1 Å². The van der Waals surface area contributed by atoms with Crippen LogP contribution >= 0.6 is 11.8 Å². The Morgan fingerprint density at radius 1 is 0.838 bits per heavy atom. The summed E-state index contributed by atoms with van der Waals surface area (Å²) in [6, 6.07) is 20.9. The van der Waals surface area contributed by atoms with Crippen LogP contribution in [-0.4, -0.2) is 32.4 Å². The molecule has 0 unspecified atom stereocenters. The lowest BCUT2D eigenvalue weighted by atomic mass is 9.93. The van der Waals surface area contributed by atoms with Crippen LogP contribution in [0.4, 0.5) is 30.6 Å². The van der Waals surface area contributed by atoms with Gasteiger partial charge in [0, 0.05) is 27.5 Å². The number of hydrogen-bond donors (Lipinski definition) is 4. The summed E-state index contributed by atoms with van der Waals surface area (Å²) in [7, 11) is 0. The van der Waals surface area contributed by atoms with E-state index in [0.717, 1.165) is 47.6 Å². The number of H-pyrrole nitrogens is 1. The van der Waals surface area contributed by atoms with E-state index in [-0.39, 0.29) is 12.1 Å². The number of halogens is 3. The molecule has 1 fully saturated rings. The highest BCUT2D eigenvalue weighted by Crippen LogP contribution is 2.34. The van der Waals surface area contributed by atoms with Gasteiger partial charge in [0.25, 0.3) is 0 Å². The fourth-order valence-electron chi connectivity index (χ4n) is 4.28. The number of nitrogens with one attached hydrogen (secondary N) is 3. The molecule has 1 aliphatic carbocycles. The number of anilines is 3. The lowest BCUT2D eigenvalue weighted by Crippen LogP contribution is -2.28. The van der Waals surface area contributed by atoms with Crippen molar-refractivity contribution >= 4 is 29.2 Å². The van der Waals surface area contributed by atoms with E-state index >= 15 is 0 Å². The molecule has 0 radical (unpaired) electrons. The minimum atomic E-state index is -4.42. The van der Waals surface area contributed by atoms with Gasteiger partial charge in [-0.2, -0.15) is 18.3 Å². The van der Waals surface area contributed by atoms with E-state index in [1.165, 1.54) is 6.07 Å². The molecule has 2 heterocycles. The maximum atomic E-state index is 13.1. The number of alkyl halides is 3. The van der Waals surface area contributed by atoms with E-state index in [4.69, 9.17) is 4.98 Å². The standard InChI is InChI=1S/C27H26F3N5OS/c28-27(29,30)18-6-4-5-17(13-18)23-16-26(35-34-23)33-25-15-22(37-21-7-2-1-3-8-21)14-24(32-25)31-19-9-11-20(36)12-10-19/h1-8,13-16,19-20,36H,9-12H2,(H3,31,32,33,34,35). The zero-order chi connectivity index (χ0) is 25.8. The van der Waals surface area contributed by atoms with Gasteiger partial charge in [-0.1, -0.05) is 42.1 Å². The van der Waals surface area contributed by atoms with Crippen LogP contribution in [0.2, 0.25) is 0 Å². The number of aliphatic hydroxyl groups excluding tert-OH is 1. The lowest BCUT2D eigenvalue weighted by Gasteiger charge is -2.26. The summed E-state index contributed by atoms with van der Waals surface area (Å²) in [5.74, 6) is 1.70. The summed E-state index contributed by atoms with van der Waals surface area (Å²) in [6.45, 7) is 0. The molecule has 1 saturated carbocycles. The number of pyridine rings is 1. The van der Waals surface area contributed by atoms with E-state index in [2.05, 4.69) is 20.8 Å². The molecule has 4 aromatic rings. The van der Waals surface area contributed by atoms with Crippen molar-refractivity contribution in [2.45, 2.75) is 53.8 Å². The quantitative estimate of drug-likeness (QED) is 0.206. The summed E-state index contributed by atoms with van der Waals surface area (Å²) in [5.41, 5.74) is 0.133. The van der Waals surface area contributed by atoms with Crippen LogP contribution in [-0.2, 0) is 6.18 Å². The molecule has 2 aromatic heterocycles. The van der Waals surface area contributed by atoms with Crippen LogP contribution < -0.4 is 10.6 Å². The molecule has 2 aromatic carbocycles. The monoisotopic (exact) mass is 525 g/mol. The number of aromatic nitrogens is 3. The van der Waals surface area contributed by atoms with Crippen molar-refractivity contribution in [1.29, 1.82) is 0 Å². The van der Waals surface area contributed by atoms with Gasteiger partial charge in [0.2, 0.25) is 0 Å². The number of benzene rings is 2. The predicted octanol–water partition coefficient (Wildman–Crippen LogP) is 7.10. The largest absolute Gasteiger partial charge is 0.416 e. The molecular weight excluding hydrogens is 499 g/mol. The molecule has 0 spiro atoms. The molecule has 0 amide bonds. The molecule has 1 aliphatic rings. The van der Waals surface area contributed by atoms with Crippen LogP contribution in [0.1, 0.15) is 31.2 Å². The van der Waals surface area contributed by atoms with Gasteiger partial charge in [0.15, 0.2) is 5.82 Å². The zero-order valence-corrected chi connectivity index (χ0v) is 20.6. The molecule has 192 valence electrons. The number of hydrogen-bond acceptors (Lipinski definition) is 6. The van der Waals surface area contributed by atoms with Gasteiger partial charge in [-0.3, -0.25) is 5.10 Å². The van der Waals surface area contributed by atoms with Crippen LogP contribution in [0.25, 0.3) is 11.3 Å². The number of aromatic amines is 1. The minimum Gasteiger partial charge on any atom is -0.393 e. The van der Waals surface area contributed by atoms with E-state index in [1.54, 1.807) is 23.9 Å². The molecule has 10 heteroatoms. The first kappa shape index (κ1) is 25.2. The number of rotatable bonds is 7. The van der Waals surface area contributed by atoms with Crippen molar-refractivity contribution in [3.63, 3.8) is 0 Å². The smallest absolute Gasteiger partial charge is 0.393 e. The van der Waals surface area contributed by atoms with Crippen molar-refractivity contribution in [3.05, 3.63) is 78.4 Å². The van der Waals surface area contributed by atoms with Gasteiger partial charge in [-0.25, -0.2) is 4.98 Å². The summed E-state index contributed by atoms with van der Waals surface area (Å²) >= 11 is 1.60. The van der Waals surface area contributed by atoms with Crippen molar-refractivity contribution in [3.8, 4) is 11.3 Å². The fourth-order valence-corrected chi connectivity index (χ4v) is 5.19. The average molecular weight is 526 g/mol. The first-order chi connectivity index (χ1) is 17.8. The second kappa shape index (κ2) is 10.9. The Hall–Kier alpha value is -3.50. The molecule has 37 heavy (non-hydrogen) atoms. The third-order valence-corrected chi connectivity index (χ3v) is 7.14. The normalized spacial score (nSPS) is 17.9. The van der Waals surface area contributed by atoms with Crippen molar-refractivity contribution in [1.82, 2.24) is 15.2 Å². The average Bonchev–Trinajstić information content (AvgIpc) is 3.34. The summed E-state index contributed by atoms with van der Waals surface area (Å²) in [4.78, 5) is 6.76. The van der Waals surface area contributed by atoms with Gasteiger partial charge in [0.05, 0.1) is 17.4 Å². The Morgan fingerprint density at radius 3 is 2.35 bits per heavy atom. The van der Waals surface area contributed by atoms with E-state index in [9.17, 15) is 18.3 Å². The summed E-state index contributed by atoms with van der Waals surface area (Å²) in [5, 5.41) is 23.5. The Morgan fingerprint density at radius 2 is 1.59 bits per heavy atom. The third kappa shape index (κ3) is 6.64. The van der Waals surface area contributed by atoms with E-state index in [1.807, 2.05) is 42.5 Å². The number of nitrogens with zero attached hydrogens (tertiary/aromatic N) is 2. The summed E-state index contributed by atoms with van der Waals surface area (Å²) in [6.07, 6.45) is -1.42. The van der Waals surface area contributed by atoms with Crippen LogP contribution in [0, 0.1) is 0 Å². The highest BCUT2D eigenvalue weighted by molar-refractivity contribution is 7.99. The minimum absolute atomic E-state index is 0.221. The first-order valence-corrected chi connectivity index (χ1v) is 12.8. The first-order valence-electron chi connectivity index (χ1n) is 12.0. The molecule has 0 aliphatic heterocycles. The van der Waals surface area contributed by atoms with Gasteiger partial charge < -0.3 is 15.7 Å². The molecule has 0 atom stereocenters. The zero-order valence-electron chi connectivity index (χ0n) is 19.8. The lowest BCUT2D eigenvalue weighted by molar-refractivity contribution is -0.137. The van der Waals surface area contributed by atoms with Gasteiger partial charge >= 0.3 is 6.18 Å². The van der Waals surface area contributed by atoms with Gasteiger partial charge in [0.1, 0.15) is 11.6 Å². The van der Waals surface area contributed by atoms with E-state index < -0.39 is 11.7 Å². The van der Waals surface area contributed by atoms with Gasteiger partial charge in [-0.15, -0.1) is 0 Å². The highest BCUT2D eigenvalue weighted by atomic mass is 32.2.